The number of hydrogen-bond acceptors (Lipinski definition) is 4. The molecule has 0 aliphatic carbocycles. The number of amides is 1. The number of ether oxygens (including phenoxy) is 1. The van der Waals surface area contributed by atoms with Crippen LogP contribution in [0.4, 0.5) is 11.4 Å². The molecule has 25 heavy (non-hydrogen) atoms. The molecule has 1 aromatic heterocycles. The first-order valence-electron chi connectivity index (χ1n) is 7.34. The van der Waals surface area contributed by atoms with Gasteiger partial charge in [-0.25, -0.2) is 0 Å². The van der Waals surface area contributed by atoms with E-state index in [1.54, 1.807) is 6.07 Å². The molecule has 2 aromatic carbocycles. The summed E-state index contributed by atoms with van der Waals surface area (Å²) in [5.74, 6) is 0.417. The molecule has 3 N–H and O–H groups in total. The molecule has 0 unspecified atom stereocenters. The molecule has 5 nitrogen and oxygen atoms in total. The van der Waals surface area contributed by atoms with E-state index in [4.69, 9.17) is 38.1 Å². The van der Waals surface area contributed by atoms with Crippen molar-refractivity contribution in [1.82, 2.24) is 0 Å². The number of benzene rings is 2. The Balaban J connectivity index is 1.72. The molecule has 3 aromatic rings. The fourth-order valence-electron chi connectivity index (χ4n) is 2.17. The minimum atomic E-state index is -0.437. The van der Waals surface area contributed by atoms with Crippen molar-refractivity contribution in [2.24, 2.45) is 0 Å². The summed E-state index contributed by atoms with van der Waals surface area (Å²) in [5, 5.41) is 3.20. The van der Waals surface area contributed by atoms with Crippen LogP contribution in [0.3, 0.4) is 0 Å². The van der Waals surface area contributed by atoms with Crippen LogP contribution in [0.1, 0.15) is 16.1 Å². The average Bonchev–Trinajstić information content (AvgIpc) is 3.07. The van der Waals surface area contributed by atoms with Crippen LogP contribution in [0.5, 0.6) is 5.75 Å². The number of halogens is 2. The average molecular weight is 377 g/mol. The third kappa shape index (κ3) is 4.07. The summed E-state index contributed by atoms with van der Waals surface area (Å²) in [6.45, 7) is 0.201. The van der Waals surface area contributed by atoms with Crippen molar-refractivity contribution in [3.05, 3.63) is 76.2 Å². The van der Waals surface area contributed by atoms with E-state index < -0.39 is 5.91 Å². The fourth-order valence-corrected chi connectivity index (χ4v) is 2.66. The Bertz CT molecular complexity index is 871. The summed E-state index contributed by atoms with van der Waals surface area (Å²) in [6.07, 6.45) is 1.43. The minimum absolute atomic E-state index is 0.153. The highest BCUT2D eigenvalue weighted by Gasteiger charge is 2.17. The van der Waals surface area contributed by atoms with Gasteiger partial charge in [-0.1, -0.05) is 41.4 Å². The van der Waals surface area contributed by atoms with Crippen LogP contribution in [0, 0.1) is 0 Å². The van der Waals surface area contributed by atoms with Crippen molar-refractivity contribution in [3.63, 3.8) is 0 Å². The van der Waals surface area contributed by atoms with Crippen molar-refractivity contribution in [3.8, 4) is 5.75 Å². The molecule has 3 rings (SSSR count). The summed E-state index contributed by atoms with van der Waals surface area (Å²) in [5.41, 5.74) is 6.98. The van der Waals surface area contributed by atoms with Gasteiger partial charge in [0, 0.05) is 11.3 Å². The highest BCUT2D eigenvalue weighted by atomic mass is 35.5. The van der Waals surface area contributed by atoms with Gasteiger partial charge in [-0.2, -0.15) is 0 Å². The molecule has 0 spiro atoms. The van der Waals surface area contributed by atoms with Gasteiger partial charge in [0.05, 0.1) is 22.0 Å². The molecular weight excluding hydrogens is 363 g/mol. The minimum Gasteiger partial charge on any atom is -0.489 e. The van der Waals surface area contributed by atoms with Crippen LogP contribution < -0.4 is 15.8 Å². The first kappa shape index (κ1) is 17.2. The van der Waals surface area contributed by atoms with Crippen LogP contribution in [-0.4, -0.2) is 5.91 Å². The molecule has 0 radical (unpaired) electrons. The molecule has 1 heterocycles. The van der Waals surface area contributed by atoms with E-state index in [-0.39, 0.29) is 28.1 Å². The van der Waals surface area contributed by atoms with Gasteiger partial charge in [-0.05, 0) is 30.3 Å². The number of furan rings is 1. The number of hydrogen-bond donors (Lipinski definition) is 2. The largest absolute Gasteiger partial charge is 0.489 e. The number of para-hydroxylation sites is 1. The van der Waals surface area contributed by atoms with Crippen molar-refractivity contribution in [2.75, 3.05) is 11.1 Å². The summed E-state index contributed by atoms with van der Waals surface area (Å²) in [6, 6.07) is 14.0. The topological polar surface area (TPSA) is 77.5 Å². The molecule has 0 atom stereocenters. The maximum Gasteiger partial charge on any atom is 0.291 e. The Morgan fingerprint density at radius 3 is 2.48 bits per heavy atom. The number of nitrogen functional groups attached to an aromatic ring is 1. The lowest BCUT2D eigenvalue weighted by Crippen LogP contribution is -2.14. The summed E-state index contributed by atoms with van der Waals surface area (Å²) >= 11 is 11.9. The standard InChI is InChI=1S/C18H14Cl2N2O3/c19-14-8-12(9-15(20)16(14)21)22-18(23)17-11(6-7-24-17)10-25-13-4-2-1-3-5-13/h1-9H,10,21H2,(H,22,23). The smallest absolute Gasteiger partial charge is 0.291 e. The number of anilines is 2. The molecule has 128 valence electrons. The molecule has 0 fully saturated rings. The second kappa shape index (κ2) is 7.51. The molecule has 0 aliphatic rings. The van der Waals surface area contributed by atoms with E-state index in [2.05, 4.69) is 5.32 Å². The van der Waals surface area contributed by atoms with Crippen LogP contribution in [0.2, 0.25) is 10.0 Å². The van der Waals surface area contributed by atoms with Gasteiger partial charge < -0.3 is 20.2 Å². The van der Waals surface area contributed by atoms with Crippen molar-refractivity contribution >= 4 is 40.5 Å². The Labute approximate surface area is 154 Å². The molecule has 7 heteroatoms. The lowest BCUT2D eigenvalue weighted by molar-refractivity contribution is 0.0993. The lowest BCUT2D eigenvalue weighted by atomic mass is 10.2. The van der Waals surface area contributed by atoms with Crippen LogP contribution in [0.25, 0.3) is 0 Å². The van der Waals surface area contributed by atoms with Crippen molar-refractivity contribution in [1.29, 1.82) is 0 Å². The van der Waals surface area contributed by atoms with Gasteiger partial charge in [0.25, 0.3) is 5.91 Å². The predicted octanol–water partition coefficient (Wildman–Crippen LogP) is 5.00. The Morgan fingerprint density at radius 1 is 1.12 bits per heavy atom. The first-order valence-corrected chi connectivity index (χ1v) is 8.10. The number of rotatable bonds is 5. The zero-order valence-corrected chi connectivity index (χ0v) is 14.5. The fraction of sp³-hybridized carbons (Fsp3) is 0.0556. The first-order chi connectivity index (χ1) is 12.0. The molecule has 0 saturated carbocycles. The third-order valence-electron chi connectivity index (χ3n) is 3.43. The second-order valence-corrected chi connectivity index (χ2v) is 6.00. The number of carbonyl (C=O) groups is 1. The third-order valence-corrected chi connectivity index (χ3v) is 4.05. The molecular formula is C18H14Cl2N2O3. The van der Waals surface area contributed by atoms with Crippen LogP contribution in [-0.2, 0) is 6.61 Å². The van der Waals surface area contributed by atoms with E-state index in [0.29, 0.717) is 17.0 Å². The zero-order chi connectivity index (χ0) is 17.8. The highest BCUT2D eigenvalue weighted by molar-refractivity contribution is 6.39. The quantitative estimate of drug-likeness (QED) is 0.614. The maximum absolute atomic E-state index is 12.4. The molecule has 0 bridgehead atoms. The van der Waals surface area contributed by atoms with Gasteiger partial charge in [0.1, 0.15) is 12.4 Å². The predicted molar refractivity (Wildman–Crippen MR) is 98.3 cm³/mol. The van der Waals surface area contributed by atoms with E-state index in [1.807, 2.05) is 30.3 Å². The van der Waals surface area contributed by atoms with E-state index in [0.717, 1.165) is 0 Å². The number of nitrogens with one attached hydrogen (secondary N) is 1. The Kier molecular flexibility index (Phi) is 5.16. The Morgan fingerprint density at radius 2 is 1.80 bits per heavy atom. The summed E-state index contributed by atoms with van der Waals surface area (Å²) in [4.78, 5) is 12.4. The molecule has 0 saturated heterocycles. The normalized spacial score (nSPS) is 10.5. The zero-order valence-electron chi connectivity index (χ0n) is 13.0. The van der Waals surface area contributed by atoms with Gasteiger partial charge in [0.2, 0.25) is 0 Å². The number of carbonyl (C=O) groups excluding carboxylic acids is 1. The van der Waals surface area contributed by atoms with E-state index in [9.17, 15) is 4.79 Å². The summed E-state index contributed by atoms with van der Waals surface area (Å²) < 4.78 is 10.9. The highest BCUT2D eigenvalue weighted by Crippen LogP contribution is 2.31. The van der Waals surface area contributed by atoms with Crippen molar-refractivity contribution in [2.45, 2.75) is 6.61 Å². The summed E-state index contributed by atoms with van der Waals surface area (Å²) in [7, 11) is 0. The van der Waals surface area contributed by atoms with Gasteiger partial charge in [-0.3, -0.25) is 4.79 Å². The monoisotopic (exact) mass is 376 g/mol. The van der Waals surface area contributed by atoms with Crippen LogP contribution in [0.15, 0.2) is 59.2 Å². The SMILES string of the molecule is Nc1c(Cl)cc(NC(=O)c2occc2COc2ccccc2)cc1Cl. The Hall–Kier alpha value is -2.63. The van der Waals surface area contributed by atoms with Crippen LogP contribution >= 0.6 is 23.2 Å². The molecule has 0 aliphatic heterocycles. The van der Waals surface area contributed by atoms with Gasteiger partial charge in [-0.15, -0.1) is 0 Å². The van der Waals surface area contributed by atoms with Gasteiger partial charge in [0.15, 0.2) is 5.76 Å². The van der Waals surface area contributed by atoms with E-state index in [1.165, 1.54) is 18.4 Å². The van der Waals surface area contributed by atoms with E-state index >= 15 is 0 Å². The van der Waals surface area contributed by atoms with Crippen molar-refractivity contribution < 1.29 is 13.9 Å². The molecule has 1 amide bonds. The van der Waals surface area contributed by atoms with Gasteiger partial charge >= 0.3 is 0 Å². The lowest BCUT2D eigenvalue weighted by Gasteiger charge is -2.09. The maximum atomic E-state index is 12.4. The second-order valence-electron chi connectivity index (χ2n) is 5.18. The number of nitrogens with two attached hydrogens (primary N) is 1.